The number of nitrogens with zero attached hydrogens (tertiary/aromatic N) is 9. The van der Waals surface area contributed by atoms with Gasteiger partial charge in [0.15, 0.2) is 5.76 Å². The first-order chi connectivity index (χ1) is 16.6. The quantitative estimate of drug-likeness (QED) is 0.373. The lowest BCUT2D eigenvalue weighted by molar-refractivity contribution is -0.133. The molecule has 0 spiro atoms. The van der Waals surface area contributed by atoms with Gasteiger partial charge in [0.1, 0.15) is 6.04 Å². The first kappa shape index (κ1) is 21.5. The lowest BCUT2D eigenvalue weighted by Crippen LogP contribution is -2.54. The number of nitrogens with two attached hydrogens (primary N) is 1. The second-order valence-corrected chi connectivity index (χ2v) is 7.54. The molecule has 1 aliphatic rings. The van der Waals surface area contributed by atoms with E-state index in [9.17, 15) is 4.79 Å². The maximum absolute atomic E-state index is 13.2. The first-order valence-corrected chi connectivity index (χ1v) is 10.6. The standard InChI is InChI=1S/C20H23N11O3/c1-33-12-13(16(32)29-7-9-30(10-8-29)19-22-5-3-6-23-19)24-18-26-17(21)31-20(27-18)25-15(28-31)14-4-2-11-34-14/h2-6,11,13H,7-10,12H2,1H3,(H3,21,24,25,26,27,28)/t13-/m0/s1. The normalized spacial score (nSPS) is 15.0. The molecule has 1 amide bonds. The third-order valence-corrected chi connectivity index (χ3v) is 5.34. The van der Waals surface area contributed by atoms with Crippen molar-refractivity contribution in [3.8, 4) is 11.6 Å². The van der Waals surface area contributed by atoms with Crippen LogP contribution in [0.25, 0.3) is 17.4 Å². The number of aromatic nitrogens is 7. The van der Waals surface area contributed by atoms with Crippen molar-refractivity contribution in [1.82, 2.24) is 39.4 Å². The molecule has 5 heterocycles. The van der Waals surface area contributed by atoms with Gasteiger partial charge < -0.3 is 30.0 Å². The maximum Gasteiger partial charge on any atom is 0.259 e. The van der Waals surface area contributed by atoms with Gasteiger partial charge in [0, 0.05) is 45.7 Å². The van der Waals surface area contributed by atoms with Gasteiger partial charge in [-0.3, -0.25) is 4.79 Å². The van der Waals surface area contributed by atoms with Crippen LogP contribution < -0.4 is 16.0 Å². The van der Waals surface area contributed by atoms with Gasteiger partial charge in [0.25, 0.3) is 5.78 Å². The number of anilines is 3. The Hall–Kier alpha value is -4.33. The molecule has 0 saturated carbocycles. The van der Waals surface area contributed by atoms with Crippen molar-refractivity contribution in [2.75, 3.05) is 55.8 Å². The molecule has 34 heavy (non-hydrogen) atoms. The third-order valence-electron chi connectivity index (χ3n) is 5.34. The minimum atomic E-state index is -0.709. The van der Waals surface area contributed by atoms with Crippen molar-refractivity contribution < 1.29 is 13.9 Å². The van der Waals surface area contributed by atoms with Crippen LogP contribution in [0.5, 0.6) is 0 Å². The van der Waals surface area contributed by atoms with Crippen LogP contribution in [-0.2, 0) is 9.53 Å². The number of methoxy groups -OCH3 is 1. The highest BCUT2D eigenvalue weighted by molar-refractivity contribution is 5.84. The fraction of sp³-hybridized carbons (Fsp3) is 0.350. The molecule has 0 bridgehead atoms. The lowest BCUT2D eigenvalue weighted by Gasteiger charge is -2.36. The van der Waals surface area contributed by atoms with E-state index in [0.717, 1.165) is 0 Å². The number of amides is 1. The molecule has 5 rings (SSSR count). The summed E-state index contributed by atoms with van der Waals surface area (Å²) >= 11 is 0. The third kappa shape index (κ3) is 4.30. The Balaban J connectivity index is 1.30. The van der Waals surface area contributed by atoms with Crippen LogP contribution in [0.2, 0.25) is 0 Å². The van der Waals surface area contributed by atoms with Gasteiger partial charge in [-0.2, -0.15) is 19.5 Å². The first-order valence-electron chi connectivity index (χ1n) is 10.6. The molecule has 1 fully saturated rings. The number of carbonyl (C=O) groups is 1. The molecule has 0 unspecified atom stereocenters. The van der Waals surface area contributed by atoms with Gasteiger partial charge in [-0.1, -0.05) is 0 Å². The number of ether oxygens (including phenoxy) is 1. The van der Waals surface area contributed by atoms with Gasteiger partial charge in [-0.25, -0.2) is 9.97 Å². The summed E-state index contributed by atoms with van der Waals surface area (Å²) in [6, 6.07) is 4.53. The molecule has 14 heteroatoms. The van der Waals surface area contributed by atoms with E-state index in [-0.39, 0.29) is 30.2 Å². The minimum absolute atomic E-state index is 0.0675. The number of rotatable bonds is 7. The summed E-state index contributed by atoms with van der Waals surface area (Å²) in [4.78, 5) is 38.5. The molecule has 1 atom stereocenters. The van der Waals surface area contributed by atoms with Crippen molar-refractivity contribution in [3.63, 3.8) is 0 Å². The summed E-state index contributed by atoms with van der Waals surface area (Å²) in [7, 11) is 1.53. The SMILES string of the molecule is COC[C@H](Nc1nc(N)n2nc(-c3ccco3)nc2n1)C(=O)N1CCN(c2ncccn2)CC1. The Morgan fingerprint density at radius 3 is 2.68 bits per heavy atom. The second-order valence-electron chi connectivity index (χ2n) is 7.54. The van der Waals surface area contributed by atoms with Crippen LogP contribution in [0.1, 0.15) is 0 Å². The van der Waals surface area contributed by atoms with Gasteiger partial charge >= 0.3 is 0 Å². The fourth-order valence-corrected chi connectivity index (χ4v) is 3.68. The van der Waals surface area contributed by atoms with Crippen LogP contribution in [0.4, 0.5) is 17.8 Å². The van der Waals surface area contributed by atoms with Crippen LogP contribution in [0, 0.1) is 0 Å². The van der Waals surface area contributed by atoms with Crippen molar-refractivity contribution in [3.05, 3.63) is 36.9 Å². The molecular formula is C20H23N11O3. The van der Waals surface area contributed by atoms with E-state index in [4.69, 9.17) is 14.9 Å². The van der Waals surface area contributed by atoms with E-state index < -0.39 is 6.04 Å². The zero-order chi connectivity index (χ0) is 23.5. The number of carbonyl (C=O) groups excluding carboxylic acids is 1. The number of piperazine rings is 1. The number of hydrogen-bond acceptors (Lipinski definition) is 12. The average Bonchev–Trinajstić information content (AvgIpc) is 3.54. The summed E-state index contributed by atoms with van der Waals surface area (Å²) in [5.41, 5.74) is 6.06. The fourth-order valence-electron chi connectivity index (χ4n) is 3.68. The molecule has 0 aliphatic carbocycles. The van der Waals surface area contributed by atoms with Crippen molar-refractivity contribution in [2.45, 2.75) is 6.04 Å². The summed E-state index contributed by atoms with van der Waals surface area (Å²) in [5, 5.41) is 7.31. The largest absolute Gasteiger partial charge is 0.461 e. The summed E-state index contributed by atoms with van der Waals surface area (Å²) < 4.78 is 11.9. The maximum atomic E-state index is 13.2. The Morgan fingerprint density at radius 2 is 1.97 bits per heavy atom. The van der Waals surface area contributed by atoms with Crippen molar-refractivity contribution in [1.29, 1.82) is 0 Å². The number of fused-ring (bicyclic) bond motifs is 1. The van der Waals surface area contributed by atoms with E-state index in [1.54, 1.807) is 35.5 Å². The zero-order valence-corrected chi connectivity index (χ0v) is 18.4. The van der Waals surface area contributed by atoms with E-state index in [2.05, 4.69) is 35.3 Å². The predicted molar refractivity (Wildman–Crippen MR) is 121 cm³/mol. The summed E-state index contributed by atoms with van der Waals surface area (Å²) in [6.45, 7) is 2.43. The average molecular weight is 465 g/mol. The van der Waals surface area contributed by atoms with Crippen molar-refractivity contribution >= 4 is 29.5 Å². The highest BCUT2D eigenvalue weighted by atomic mass is 16.5. The molecule has 0 aromatic carbocycles. The minimum Gasteiger partial charge on any atom is -0.461 e. The smallest absolute Gasteiger partial charge is 0.259 e. The number of furan rings is 1. The van der Waals surface area contributed by atoms with Gasteiger partial charge in [-0.15, -0.1) is 5.10 Å². The van der Waals surface area contributed by atoms with E-state index in [0.29, 0.717) is 43.7 Å². The Morgan fingerprint density at radius 1 is 1.18 bits per heavy atom. The van der Waals surface area contributed by atoms with Crippen molar-refractivity contribution in [2.24, 2.45) is 0 Å². The highest BCUT2D eigenvalue weighted by Crippen LogP contribution is 2.18. The summed E-state index contributed by atoms with van der Waals surface area (Å²) in [6.07, 6.45) is 4.93. The monoisotopic (exact) mass is 465 g/mol. The zero-order valence-electron chi connectivity index (χ0n) is 18.4. The van der Waals surface area contributed by atoms with Crippen LogP contribution in [0.3, 0.4) is 0 Å². The second kappa shape index (κ2) is 9.27. The molecule has 3 N–H and O–H groups in total. The molecular weight excluding hydrogens is 442 g/mol. The molecule has 14 nitrogen and oxygen atoms in total. The molecule has 1 saturated heterocycles. The molecule has 4 aromatic heterocycles. The molecule has 1 aliphatic heterocycles. The van der Waals surface area contributed by atoms with Crippen LogP contribution >= 0.6 is 0 Å². The lowest BCUT2D eigenvalue weighted by atomic mass is 10.2. The van der Waals surface area contributed by atoms with Crippen LogP contribution in [-0.4, -0.2) is 91.3 Å². The van der Waals surface area contributed by atoms with Gasteiger partial charge in [-0.05, 0) is 18.2 Å². The Kier molecular flexibility index (Phi) is 5.86. The summed E-state index contributed by atoms with van der Waals surface area (Å²) in [5.74, 6) is 1.77. The molecule has 0 radical (unpaired) electrons. The number of nitrogen functional groups attached to an aromatic ring is 1. The van der Waals surface area contributed by atoms with Crippen LogP contribution in [0.15, 0.2) is 41.3 Å². The number of nitrogens with one attached hydrogen (secondary N) is 1. The van der Waals surface area contributed by atoms with Gasteiger partial charge in [0.2, 0.25) is 29.6 Å². The molecule has 176 valence electrons. The Bertz CT molecular complexity index is 1250. The van der Waals surface area contributed by atoms with E-state index in [1.165, 1.54) is 17.9 Å². The molecule has 4 aromatic rings. The number of hydrogen-bond donors (Lipinski definition) is 2. The topological polar surface area (TPSA) is 166 Å². The Labute approximate surface area is 193 Å². The van der Waals surface area contributed by atoms with E-state index in [1.807, 2.05) is 4.90 Å². The predicted octanol–water partition coefficient (Wildman–Crippen LogP) is -0.0728. The highest BCUT2D eigenvalue weighted by Gasteiger charge is 2.29. The van der Waals surface area contributed by atoms with E-state index >= 15 is 0 Å². The van der Waals surface area contributed by atoms with Gasteiger partial charge in [0.05, 0.1) is 12.9 Å².